The van der Waals surface area contributed by atoms with E-state index in [9.17, 15) is 9.59 Å². The molecule has 2 aliphatic rings. The van der Waals surface area contributed by atoms with Gasteiger partial charge in [0.15, 0.2) is 0 Å². The van der Waals surface area contributed by atoms with Crippen molar-refractivity contribution in [3.8, 4) is 0 Å². The minimum absolute atomic E-state index is 0.0247. The largest absolute Gasteiger partial charge is 0.342 e. The number of hydrogen-bond acceptors (Lipinski definition) is 2. The molecule has 5 heteroatoms. The van der Waals surface area contributed by atoms with Crippen molar-refractivity contribution in [2.45, 2.75) is 32.6 Å². The fourth-order valence-corrected chi connectivity index (χ4v) is 3.05. The number of hydrogen-bond donors (Lipinski definition) is 1. The molecule has 1 aromatic carbocycles. The highest BCUT2D eigenvalue weighted by atomic mass is 35.5. The molecule has 0 aromatic heterocycles. The van der Waals surface area contributed by atoms with Crippen molar-refractivity contribution < 1.29 is 9.59 Å². The molecular weight excluding hydrogens is 300 g/mol. The van der Waals surface area contributed by atoms with Crippen LogP contribution in [0.2, 0.25) is 5.02 Å². The number of piperidine rings is 1. The van der Waals surface area contributed by atoms with E-state index in [4.69, 9.17) is 11.6 Å². The summed E-state index contributed by atoms with van der Waals surface area (Å²) in [6.45, 7) is 3.32. The highest BCUT2D eigenvalue weighted by Gasteiger charge is 2.35. The van der Waals surface area contributed by atoms with Crippen molar-refractivity contribution in [1.29, 1.82) is 0 Å². The molecule has 0 bridgehead atoms. The fraction of sp³-hybridized carbons (Fsp3) is 0.529. The Morgan fingerprint density at radius 1 is 1.14 bits per heavy atom. The molecule has 0 radical (unpaired) electrons. The molecule has 4 nitrogen and oxygen atoms in total. The standard InChI is InChI=1S/C17H21ClN2O2/c1-11-2-5-14(10-15(11)18)19-16(21)12-6-8-20(9-7-12)17(22)13-3-4-13/h2,5,10,12-13H,3-4,6-9H2,1H3,(H,19,21). The Balaban J connectivity index is 1.53. The number of carbonyl (C=O) groups excluding carboxylic acids is 2. The average molecular weight is 321 g/mol. The lowest BCUT2D eigenvalue weighted by Crippen LogP contribution is -2.42. The smallest absolute Gasteiger partial charge is 0.227 e. The summed E-state index contributed by atoms with van der Waals surface area (Å²) in [4.78, 5) is 26.3. The van der Waals surface area contributed by atoms with E-state index in [-0.39, 0.29) is 23.7 Å². The van der Waals surface area contributed by atoms with Crippen LogP contribution in [0, 0.1) is 18.8 Å². The van der Waals surface area contributed by atoms with Gasteiger partial charge in [0, 0.05) is 35.6 Å². The summed E-state index contributed by atoms with van der Waals surface area (Å²) in [7, 11) is 0. The van der Waals surface area contributed by atoms with Crippen molar-refractivity contribution in [2.24, 2.45) is 11.8 Å². The first-order chi connectivity index (χ1) is 10.5. The third-order valence-electron chi connectivity index (χ3n) is 4.54. The Morgan fingerprint density at radius 2 is 1.82 bits per heavy atom. The monoisotopic (exact) mass is 320 g/mol. The third kappa shape index (κ3) is 3.43. The van der Waals surface area contributed by atoms with Crippen molar-refractivity contribution in [3.63, 3.8) is 0 Å². The van der Waals surface area contributed by atoms with Crippen LogP contribution in [0.5, 0.6) is 0 Å². The number of nitrogens with one attached hydrogen (secondary N) is 1. The average Bonchev–Trinajstić information content (AvgIpc) is 3.35. The number of likely N-dealkylation sites (tertiary alicyclic amines) is 1. The summed E-state index contributed by atoms with van der Waals surface area (Å²) < 4.78 is 0. The summed E-state index contributed by atoms with van der Waals surface area (Å²) in [6.07, 6.45) is 3.55. The van der Waals surface area contributed by atoms with Crippen LogP contribution in [0.3, 0.4) is 0 Å². The van der Waals surface area contributed by atoms with E-state index in [0.29, 0.717) is 18.1 Å². The molecule has 1 N–H and O–H groups in total. The van der Waals surface area contributed by atoms with Crippen LogP contribution < -0.4 is 5.32 Å². The van der Waals surface area contributed by atoms with Gasteiger partial charge in [0.05, 0.1) is 0 Å². The minimum atomic E-state index is -0.0247. The summed E-state index contributed by atoms with van der Waals surface area (Å²) in [5, 5.41) is 3.59. The van der Waals surface area contributed by atoms with E-state index in [2.05, 4.69) is 5.32 Å². The van der Waals surface area contributed by atoms with Gasteiger partial charge in [0.1, 0.15) is 0 Å². The van der Waals surface area contributed by atoms with Crippen molar-refractivity contribution in [3.05, 3.63) is 28.8 Å². The number of aryl methyl sites for hydroxylation is 1. The van der Waals surface area contributed by atoms with Gasteiger partial charge >= 0.3 is 0 Å². The van der Waals surface area contributed by atoms with Crippen molar-refractivity contribution in [2.75, 3.05) is 18.4 Å². The first-order valence-electron chi connectivity index (χ1n) is 7.90. The molecule has 0 unspecified atom stereocenters. The van der Waals surface area contributed by atoms with Crippen LogP contribution in [-0.4, -0.2) is 29.8 Å². The zero-order chi connectivity index (χ0) is 15.7. The molecule has 1 aliphatic heterocycles. The normalized spacial score (nSPS) is 19.1. The van der Waals surface area contributed by atoms with Gasteiger partial charge < -0.3 is 10.2 Å². The van der Waals surface area contributed by atoms with Crippen LogP contribution in [0.4, 0.5) is 5.69 Å². The lowest BCUT2D eigenvalue weighted by molar-refractivity contribution is -0.135. The van der Waals surface area contributed by atoms with Crippen LogP contribution in [0.25, 0.3) is 0 Å². The Hall–Kier alpha value is -1.55. The Bertz CT molecular complexity index is 590. The van der Waals surface area contributed by atoms with E-state index >= 15 is 0 Å². The lowest BCUT2D eigenvalue weighted by Gasteiger charge is -2.31. The predicted octanol–water partition coefficient (Wildman–Crippen LogP) is 3.24. The number of rotatable bonds is 3. The summed E-state index contributed by atoms with van der Waals surface area (Å²) in [6, 6.07) is 5.54. The summed E-state index contributed by atoms with van der Waals surface area (Å²) in [5.74, 6) is 0.547. The minimum Gasteiger partial charge on any atom is -0.342 e. The molecule has 1 aromatic rings. The topological polar surface area (TPSA) is 49.4 Å². The summed E-state index contributed by atoms with van der Waals surface area (Å²) in [5.41, 5.74) is 1.73. The Morgan fingerprint density at radius 3 is 2.41 bits per heavy atom. The zero-order valence-electron chi connectivity index (χ0n) is 12.8. The van der Waals surface area contributed by atoms with E-state index in [1.165, 1.54) is 0 Å². The Labute approximate surface area is 135 Å². The number of benzene rings is 1. The first kappa shape index (κ1) is 15.3. The quantitative estimate of drug-likeness (QED) is 0.929. The van der Waals surface area contributed by atoms with E-state index in [1.807, 2.05) is 24.0 Å². The second-order valence-corrected chi connectivity index (χ2v) is 6.73. The first-order valence-corrected chi connectivity index (χ1v) is 8.28. The Kier molecular flexibility index (Phi) is 4.39. The SMILES string of the molecule is Cc1ccc(NC(=O)C2CCN(C(=O)C3CC3)CC2)cc1Cl. The van der Waals surface area contributed by atoms with Crippen LogP contribution >= 0.6 is 11.6 Å². The van der Waals surface area contributed by atoms with Gasteiger partial charge in [0.2, 0.25) is 11.8 Å². The number of amides is 2. The molecule has 1 saturated heterocycles. The molecule has 1 saturated carbocycles. The summed E-state index contributed by atoms with van der Waals surface area (Å²) >= 11 is 6.08. The predicted molar refractivity (Wildman–Crippen MR) is 86.8 cm³/mol. The number of carbonyl (C=O) groups is 2. The molecule has 118 valence electrons. The van der Waals surface area contributed by atoms with E-state index in [0.717, 1.165) is 36.9 Å². The van der Waals surface area contributed by atoms with E-state index in [1.54, 1.807) is 6.07 Å². The number of anilines is 1. The van der Waals surface area contributed by atoms with Gasteiger partial charge in [-0.25, -0.2) is 0 Å². The molecule has 3 rings (SSSR count). The number of nitrogens with zero attached hydrogens (tertiary/aromatic N) is 1. The van der Waals surface area contributed by atoms with Gasteiger partial charge in [-0.15, -0.1) is 0 Å². The molecule has 0 spiro atoms. The van der Waals surface area contributed by atoms with Crippen LogP contribution in [-0.2, 0) is 9.59 Å². The molecule has 22 heavy (non-hydrogen) atoms. The molecule has 2 amide bonds. The molecule has 1 heterocycles. The fourth-order valence-electron chi connectivity index (χ4n) is 2.87. The molecule has 2 fully saturated rings. The van der Waals surface area contributed by atoms with Crippen LogP contribution in [0.1, 0.15) is 31.2 Å². The van der Waals surface area contributed by atoms with Gasteiger partial charge in [-0.3, -0.25) is 9.59 Å². The van der Waals surface area contributed by atoms with Crippen LogP contribution in [0.15, 0.2) is 18.2 Å². The molecular formula is C17H21ClN2O2. The second-order valence-electron chi connectivity index (χ2n) is 6.33. The maximum absolute atomic E-state index is 12.3. The second kappa shape index (κ2) is 6.29. The molecule has 1 aliphatic carbocycles. The lowest BCUT2D eigenvalue weighted by atomic mass is 9.95. The van der Waals surface area contributed by atoms with Gasteiger partial charge in [-0.2, -0.15) is 0 Å². The number of halogens is 1. The van der Waals surface area contributed by atoms with Crippen molar-refractivity contribution in [1.82, 2.24) is 4.90 Å². The van der Waals surface area contributed by atoms with Gasteiger partial charge in [0.25, 0.3) is 0 Å². The van der Waals surface area contributed by atoms with Crippen molar-refractivity contribution >= 4 is 29.1 Å². The zero-order valence-corrected chi connectivity index (χ0v) is 13.5. The van der Waals surface area contributed by atoms with Gasteiger partial charge in [-0.05, 0) is 50.3 Å². The van der Waals surface area contributed by atoms with Gasteiger partial charge in [-0.1, -0.05) is 17.7 Å². The highest BCUT2D eigenvalue weighted by Crippen LogP contribution is 2.32. The maximum Gasteiger partial charge on any atom is 0.227 e. The van der Waals surface area contributed by atoms with E-state index < -0.39 is 0 Å². The maximum atomic E-state index is 12.3. The molecule has 0 atom stereocenters. The highest BCUT2D eigenvalue weighted by molar-refractivity contribution is 6.31. The third-order valence-corrected chi connectivity index (χ3v) is 4.95.